The van der Waals surface area contributed by atoms with Crippen LogP contribution in [0, 0.1) is 0 Å². The molecule has 5 N–H and O–H groups in total. The van der Waals surface area contributed by atoms with E-state index in [1.807, 2.05) is 0 Å². The van der Waals surface area contributed by atoms with Crippen LogP contribution < -0.4 is 0 Å². The van der Waals surface area contributed by atoms with E-state index in [0.717, 1.165) is 11.6 Å². The van der Waals surface area contributed by atoms with Crippen molar-refractivity contribution in [3.63, 3.8) is 0 Å². The molecule has 0 radical (unpaired) electrons. The maximum absolute atomic E-state index is 12.0. The highest BCUT2D eigenvalue weighted by atomic mass is 16.7. The van der Waals surface area contributed by atoms with Crippen molar-refractivity contribution in [2.24, 2.45) is 0 Å². The summed E-state index contributed by atoms with van der Waals surface area (Å²) in [5.74, 6) is -1.38. The van der Waals surface area contributed by atoms with Crippen LogP contribution in [0.1, 0.15) is 19.4 Å². The lowest BCUT2D eigenvalue weighted by Crippen LogP contribution is -2.59. The van der Waals surface area contributed by atoms with E-state index in [2.05, 4.69) is 0 Å². The summed E-state index contributed by atoms with van der Waals surface area (Å²) in [5.41, 5.74) is 1.48. The minimum atomic E-state index is -1.66. The lowest BCUT2D eigenvalue weighted by atomic mass is 9.99. The molecule has 2 aliphatic heterocycles. The summed E-state index contributed by atoms with van der Waals surface area (Å²) in [6.45, 7) is 2.87. The summed E-state index contributed by atoms with van der Waals surface area (Å²) in [6, 6.07) is 6.10. The number of phenolic OH excluding ortho intramolecular Hbond substituents is 1. The third kappa shape index (κ3) is 7.00. The van der Waals surface area contributed by atoms with E-state index in [1.165, 1.54) is 24.3 Å². The summed E-state index contributed by atoms with van der Waals surface area (Å²) < 4.78 is 21.1. The topological polar surface area (TPSA) is 172 Å². The number of aliphatic hydroxyl groups is 4. The van der Waals surface area contributed by atoms with Crippen molar-refractivity contribution in [2.75, 3.05) is 13.2 Å². The number of ether oxygens (including phenoxy) is 4. The predicted octanol–water partition coefficient (Wildman–Crippen LogP) is -0.0483. The molecule has 0 saturated carbocycles. The SMILES string of the molecule is CC(C)=C[C@H]1OC(=O)C(=CCO[C@@H]2O[C@H](COC(=O)C=Cc3ccc(O)cc3)[C@@H](O)[C@H](O)[C@H]2O)[C@@H]1O. The number of cyclic esters (lactones) is 1. The number of rotatable bonds is 8. The van der Waals surface area contributed by atoms with Crippen molar-refractivity contribution in [1.29, 1.82) is 0 Å². The lowest BCUT2D eigenvalue weighted by molar-refractivity contribution is -0.299. The van der Waals surface area contributed by atoms with Gasteiger partial charge in [0.2, 0.25) is 0 Å². The lowest BCUT2D eigenvalue weighted by Gasteiger charge is -2.39. The molecular formula is C25H30O11. The summed E-state index contributed by atoms with van der Waals surface area (Å²) in [5, 5.41) is 50.2. The molecule has 0 amide bonds. The smallest absolute Gasteiger partial charge is 0.337 e. The number of aliphatic hydroxyl groups excluding tert-OH is 4. The maximum Gasteiger partial charge on any atom is 0.337 e. The molecule has 196 valence electrons. The molecule has 11 nitrogen and oxygen atoms in total. The van der Waals surface area contributed by atoms with E-state index in [-0.39, 0.29) is 17.9 Å². The summed E-state index contributed by atoms with van der Waals surface area (Å²) in [4.78, 5) is 24.0. The number of aromatic hydroxyl groups is 1. The monoisotopic (exact) mass is 506 g/mol. The molecule has 0 bridgehead atoms. The molecule has 2 heterocycles. The first-order chi connectivity index (χ1) is 17.1. The van der Waals surface area contributed by atoms with Crippen LogP contribution in [0.25, 0.3) is 6.08 Å². The van der Waals surface area contributed by atoms with Gasteiger partial charge in [-0.1, -0.05) is 17.7 Å². The van der Waals surface area contributed by atoms with Crippen molar-refractivity contribution in [3.8, 4) is 5.75 Å². The molecule has 3 rings (SSSR count). The van der Waals surface area contributed by atoms with Gasteiger partial charge in [-0.3, -0.25) is 0 Å². The van der Waals surface area contributed by atoms with Gasteiger partial charge in [-0.2, -0.15) is 0 Å². The molecule has 0 aromatic heterocycles. The van der Waals surface area contributed by atoms with E-state index in [0.29, 0.717) is 5.56 Å². The number of carbonyl (C=O) groups excluding carboxylic acids is 2. The summed E-state index contributed by atoms with van der Waals surface area (Å²) >= 11 is 0. The van der Waals surface area contributed by atoms with Crippen LogP contribution in [-0.4, -0.2) is 93.6 Å². The number of hydrogen-bond acceptors (Lipinski definition) is 11. The van der Waals surface area contributed by atoms with E-state index in [4.69, 9.17) is 18.9 Å². The number of benzene rings is 1. The third-order valence-corrected chi connectivity index (χ3v) is 5.53. The largest absolute Gasteiger partial charge is 0.508 e. The standard InChI is InChI=1S/C25H30O11/c1-13(2)11-17-20(28)16(24(32)35-17)9-10-33-25-23(31)22(30)21(29)18(36-25)12-34-19(27)8-5-14-3-6-15(26)7-4-14/h3-9,11,17-18,20-23,25-26,28-31H,10,12H2,1-2H3/t17-,18-,20+,21-,22+,23-,25-/m1/s1. The first kappa shape index (κ1) is 27.5. The zero-order chi connectivity index (χ0) is 26.4. The van der Waals surface area contributed by atoms with Crippen LogP contribution in [0.5, 0.6) is 5.75 Å². The predicted molar refractivity (Wildman–Crippen MR) is 124 cm³/mol. The quantitative estimate of drug-likeness (QED) is 0.182. The molecule has 1 aromatic carbocycles. The molecule has 36 heavy (non-hydrogen) atoms. The zero-order valence-corrected chi connectivity index (χ0v) is 19.8. The number of hydrogen-bond donors (Lipinski definition) is 5. The van der Waals surface area contributed by atoms with Crippen molar-refractivity contribution < 1.29 is 54.1 Å². The molecule has 0 spiro atoms. The van der Waals surface area contributed by atoms with Gasteiger partial charge in [0, 0.05) is 6.08 Å². The Kier molecular flexibility index (Phi) is 9.37. The van der Waals surface area contributed by atoms with Crippen molar-refractivity contribution in [1.82, 2.24) is 0 Å². The zero-order valence-electron chi connectivity index (χ0n) is 19.8. The molecule has 1 aromatic rings. The summed E-state index contributed by atoms with van der Waals surface area (Å²) in [6.07, 6.45) is -3.99. The highest BCUT2D eigenvalue weighted by Gasteiger charge is 2.45. The number of carbonyl (C=O) groups is 2. The molecule has 2 fully saturated rings. The third-order valence-electron chi connectivity index (χ3n) is 5.53. The summed E-state index contributed by atoms with van der Waals surface area (Å²) in [7, 11) is 0. The van der Waals surface area contributed by atoms with E-state index < -0.39 is 61.5 Å². The highest BCUT2D eigenvalue weighted by Crippen LogP contribution is 2.25. The average Bonchev–Trinajstić information content (AvgIpc) is 3.09. The molecule has 2 aliphatic rings. The van der Waals surface area contributed by atoms with Crippen molar-refractivity contribution in [2.45, 2.75) is 56.8 Å². The minimum absolute atomic E-state index is 0.0192. The second-order valence-corrected chi connectivity index (χ2v) is 8.62. The number of esters is 2. The van der Waals surface area contributed by atoms with Gasteiger partial charge >= 0.3 is 11.9 Å². The van der Waals surface area contributed by atoms with Gasteiger partial charge in [0.05, 0.1) is 12.2 Å². The van der Waals surface area contributed by atoms with E-state index >= 15 is 0 Å². The van der Waals surface area contributed by atoms with Crippen molar-refractivity contribution >= 4 is 18.0 Å². The van der Waals surface area contributed by atoms with Crippen LogP contribution >= 0.6 is 0 Å². The second-order valence-electron chi connectivity index (χ2n) is 8.62. The van der Waals surface area contributed by atoms with Gasteiger partial charge in [-0.05, 0) is 49.8 Å². The van der Waals surface area contributed by atoms with Crippen LogP contribution in [-0.2, 0) is 28.5 Å². The minimum Gasteiger partial charge on any atom is -0.508 e. The highest BCUT2D eigenvalue weighted by molar-refractivity contribution is 5.92. The van der Waals surface area contributed by atoms with Gasteiger partial charge in [0.25, 0.3) is 0 Å². The first-order valence-electron chi connectivity index (χ1n) is 11.3. The molecule has 7 atom stereocenters. The normalized spacial score (nSPS) is 31.4. The van der Waals surface area contributed by atoms with Crippen LogP contribution in [0.15, 0.2) is 53.6 Å². The Hall–Kier alpha value is -3.06. The second kappa shape index (κ2) is 12.3. The Morgan fingerprint density at radius 3 is 2.42 bits per heavy atom. The van der Waals surface area contributed by atoms with Gasteiger partial charge < -0.3 is 44.5 Å². The van der Waals surface area contributed by atoms with E-state index in [9.17, 15) is 35.1 Å². The molecule has 2 saturated heterocycles. The Morgan fingerprint density at radius 1 is 1.06 bits per heavy atom. The molecule has 0 aliphatic carbocycles. The van der Waals surface area contributed by atoms with Gasteiger partial charge in [0.15, 0.2) is 12.4 Å². The Labute approximate surface area is 207 Å². The maximum atomic E-state index is 12.0. The van der Waals surface area contributed by atoms with E-state index in [1.54, 1.807) is 32.1 Å². The van der Waals surface area contributed by atoms with Gasteiger partial charge in [0.1, 0.15) is 42.9 Å². The fraction of sp³-hybridized carbons (Fsp3) is 0.440. The van der Waals surface area contributed by atoms with Gasteiger partial charge in [-0.15, -0.1) is 0 Å². The molecule has 11 heteroatoms. The van der Waals surface area contributed by atoms with Crippen LogP contribution in [0.4, 0.5) is 0 Å². The van der Waals surface area contributed by atoms with Crippen LogP contribution in [0.2, 0.25) is 0 Å². The fourth-order valence-corrected chi connectivity index (χ4v) is 3.60. The Balaban J connectivity index is 1.55. The fourth-order valence-electron chi connectivity index (χ4n) is 3.60. The van der Waals surface area contributed by atoms with Gasteiger partial charge in [-0.25, -0.2) is 9.59 Å². The Morgan fingerprint density at radius 2 is 1.75 bits per heavy atom. The van der Waals surface area contributed by atoms with Crippen LogP contribution in [0.3, 0.4) is 0 Å². The van der Waals surface area contributed by atoms with Crippen molar-refractivity contribution in [3.05, 3.63) is 59.2 Å². The Bertz CT molecular complexity index is 1010. The number of phenols is 1. The average molecular weight is 507 g/mol. The first-order valence-corrected chi connectivity index (χ1v) is 11.3. The number of allylic oxidation sites excluding steroid dienone is 1. The molecular weight excluding hydrogens is 476 g/mol. The molecule has 0 unspecified atom stereocenters.